The number of carboxylic acid groups (broad SMARTS) is 1. The fourth-order valence-corrected chi connectivity index (χ4v) is 1.85. The Morgan fingerprint density at radius 2 is 1.79 bits per heavy atom. The fraction of sp³-hybridized carbons (Fsp3) is 0.556. The normalized spacial score (nSPS) is 10.4. The molecule has 0 heterocycles. The van der Waals surface area contributed by atoms with Gasteiger partial charge in [-0.25, -0.2) is 10.3 Å². The molecule has 0 fully saturated rings. The molecular formula is C18H25N3O7. The van der Waals surface area contributed by atoms with E-state index in [4.69, 9.17) is 15.1 Å². The van der Waals surface area contributed by atoms with Crippen LogP contribution in [0.3, 0.4) is 0 Å². The fourth-order valence-electron chi connectivity index (χ4n) is 1.85. The van der Waals surface area contributed by atoms with Gasteiger partial charge in [0.2, 0.25) is 17.7 Å². The number of aliphatic hydroxyl groups is 1. The number of carboxylic acids is 1. The van der Waals surface area contributed by atoms with Crippen molar-refractivity contribution in [1.29, 1.82) is 0 Å². The summed E-state index contributed by atoms with van der Waals surface area (Å²) in [7, 11) is 0. The van der Waals surface area contributed by atoms with E-state index in [1.54, 1.807) is 0 Å². The van der Waals surface area contributed by atoms with E-state index in [0.717, 1.165) is 0 Å². The highest BCUT2D eigenvalue weighted by Gasteiger charge is 2.17. The minimum absolute atomic E-state index is 0.0778. The third-order valence-corrected chi connectivity index (χ3v) is 3.10. The second-order valence-corrected chi connectivity index (χ2v) is 5.51. The van der Waals surface area contributed by atoms with Crippen molar-refractivity contribution in [3.05, 3.63) is 0 Å². The first-order valence-electron chi connectivity index (χ1n) is 8.60. The van der Waals surface area contributed by atoms with Crippen molar-refractivity contribution in [2.75, 3.05) is 19.8 Å². The first kappa shape index (κ1) is 24.9. The van der Waals surface area contributed by atoms with Crippen LogP contribution in [0.15, 0.2) is 0 Å². The van der Waals surface area contributed by atoms with Crippen molar-refractivity contribution < 1.29 is 34.2 Å². The number of hydrogen-bond acceptors (Lipinski definition) is 6. The minimum atomic E-state index is -1.10. The molecule has 0 aromatic rings. The van der Waals surface area contributed by atoms with E-state index in [1.807, 2.05) is 0 Å². The Hall–Kier alpha value is -3.08. The first-order valence-corrected chi connectivity index (χ1v) is 8.60. The molecule has 0 bridgehead atoms. The molecule has 1 atom stereocenters. The number of amides is 3. The van der Waals surface area contributed by atoms with Gasteiger partial charge in [0.1, 0.15) is 12.6 Å². The van der Waals surface area contributed by atoms with Crippen LogP contribution in [0.25, 0.3) is 0 Å². The lowest BCUT2D eigenvalue weighted by atomic mass is 10.1. The van der Waals surface area contributed by atoms with Gasteiger partial charge in [0.05, 0.1) is 0 Å². The van der Waals surface area contributed by atoms with Gasteiger partial charge in [-0.1, -0.05) is 11.8 Å². The van der Waals surface area contributed by atoms with Crippen molar-refractivity contribution in [2.24, 2.45) is 0 Å². The van der Waals surface area contributed by atoms with Gasteiger partial charge >= 0.3 is 5.97 Å². The van der Waals surface area contributed by atoms with Gasteiger partial charge in [0, 0.05) is 26.3 Å². The molecule has 5 N–H and O–H groups in total. The largest absolute Gasteiger partial charge is 0.480 e. The van der Waals surface area contributed by atoms with Crippen molar-refractivity contribution in [3.8, 4) is 23.7 Å². The Bertz CT molecular complexity index is 656. The molecular weight excluding hydrogens is 370 g/mol. The zero-order chi connectivity index (χ0) is 21.2. The van der Waals surface area contributed by atoms with Crippen LogP contribution in [-0.2, 0) is 24.0 Å². The summed E-state index contributed by atoms with van der Waals surface area (Å²) >= 11 is 0. The highest BCUT2D eigenvalue weighted by atomic mass is 16.7. The lowest BCUT2D eigenvalue weighted by molar-refractivity contribution is -0.142. The Balaban J connectivity index is 3.76. The van der Waals surface area contributed by atoms with Crippen LogP contribution in [0.1, 0.15) is 39.0 Å². The number of aliphatic hydroxyl groups excluding tert-OH is 1. The molecule has 0 aliphatic carbocycles. The van der Waals surface area contributed by atoms with Gasteiger partial charge in [0.25, 0.3) is 0 Å². The summed E-state index contributed by atoms with van der Waals surface area (Å²) in [6, 6.07) is -0.946. The van der Waals surface area contributed by atoms with E-state index in [1.165, 1.54) is 6.92 Å². The summed E-state index contributed by atoms with van der Waals surface area (Å²) < 4.78 is 0. The molecule has 10 nitrogen and oxygen atoms in total. The molecule has 0 spiro atoms. The van der Waals surface area contributed by atoms with Crippen LogP contribution >= 0.6 is 0 Å². The third-order valence-electron chi connectivity index (χ3n) is 3.10. The van der Waals surface area contributed by atoms with Gasteiger partial charge in [-0.2, -0.15) is 0 Å². The zero-order valence-electron chi connectivity index (χ0n) is 15.7. The van der Waals surface area contributed by atoms with E-state index in [2.05, 4.69) is 39.8 Å². The Kier molecular flexibility index (Phi) is 14.3. The standard InChI is InChI=1S/C18H25N3O7/c1-14(23)20-15(18(26)27)9-6-7-11-19-17(25)13-28-21-16(24)10-5-3-2-4-8-12-22/h15,22H,5-7,9-13H2,1H3,(H,19,25)(H,20,23)(H,21,24)(H,26,27). The lowest BCUT2D eigenvalue weighted by Gasteiger charge is -2.13. The average molecular weight is 395 g/mol. The van der Waals surface area contributed by atoms with Crippen LogP contribution in [0.4, 0.5) is 0 Å². The van der Waals surface area contributed by atoms with Gasteiger partial charge in [-0.05, 0) is 31.1 Å². The number of nitrogens with one attached hydrogen (secondary N) is 3. The van der Waals surface area contributed by atoms with Gasteiger partial charge in [-0.3, -0.25) is 19.2 Å². The number of aliphatic carboxylic acids is 1. The topological polar surface area (TPSA) is 154 Å². The lowest BCUT2D eigenvalue weighted by Crippen LogP contribution is -2.39. The molecule has 0 aromatic heterocycles. The molecule has 0 rings (SSSR count). The van der Waals surface area contributed by atoms with Crippen molar-refractivity contribution in [3.63, 3.8) is 0 Å². The summed E-state index contributed by atoms with van der Waals surface area (Å²) in [4.78, 5) is 49.6. The molecule has 3 amide bonds. The van der Waals surface area contributed by atoms with Gasteiger partial charge in [-0.15, -0.1) is 0 Å². The molecule has 0 aromatic carbocycles. The highest BCUT2D eigenvalue weighted by molar-refractivity contribution is 5.82. The summed E-state index contributed by atoms with van der Waals surface area (Å²) in [5.74, 6) is 7.43. The van der Waals surface area contributed by atoms with E-state index < -0.39 is 29.7 Å². The van der Waals surface area contributed by atoms with E-state index in [9.17, 15) is 19.2 Å². The third kappa shape index (κ3) is 15.2. The minimum Gasteiger partial charge on any atom is -0.480 e. The Morgan fingerprint density at radius 1 is 1.07 bits per heavy atom. The first-order chi connectivity index (χ1) is 13.4. The SMILES string of the molecule is CC(=O)NC(CCCCNC(=O)CONC(=O)CCC#CC#CCO)C(=O)O. The van der Waals surface area contributed by atoms with Crippen LogP contribution in [0.5, 0.6) is 0 Å². The monoisotopic (exact) mass is 395 g/mol. The van der Waals surface area contributed by atoms with Crippen LogP contribution in [-0.4, -0.2) is 59.7 Å². The number of carbonyl (C=O) groups is 4. The predicted molar refractivity (Wildman–Crippen MR) is 98.1 cm³/mol. The van der Waals surface area contributed by atoms with E-state index >= 15 is 0 Å². The van der Waals surface area contributed by atoms with Crippen molar-refractivity contribution in [2.45, 2.75) is 45.1 Å². The molecule has 0 aliphatic rings. The number of hydrogen-bond donors (Lipinski definition) is 5. The molecule has 154 valence electrons. The zero-order valence-corrected chi connectivity index (χ0v) is 15.7. The van der Waals surface area contributed by atoms with Gasteiger partial charge in [0.15, 0.2) is 6.61 Å². The summed E-state index contributed by atoms with van der Waals surface area (Å²) in [6.45, 7) is 0.928. The summed E-state index contributed by atoms with van der Waals surface area (Å²) in [5.41, 5.74) is 2.11. The average Bonchev–Trinajstić information content (AvgIpc) is 2.62. The van der Waals surface area contributed by atoms with E-state index in [-0.39, 0.29) is 32.5 Å². The predicted octanol–water partition coefficient (Wildman–Crippen LogP) is -1.31. The summed E-state index contributed by atoms with van der Waals surface area (Å²) in [5, 5.41) is 22.3. The molecule has 0 aliphatic heterocycles. The molecule has 0 saturated heterocycles. The second kappa shape index (κ2) is 16.1. The smallest absolute Gasteiger partial charge is 0.326 e. The maximum absolute atomic E-state index is 11.5. The Labute approximate surface area is 163 Å². The maximum Gasteiger partial charge on any atom is 0.326 e. The molecule has 1 unspecified atom stereocenters. The molecule has 10 heteroatoms. The molecule has 0 radical (unpaired) electrons. The second-order valence-electron chi connectivity index (χ2n) is 5.51. The van der Waals surface area contributed by atoms with Crippen LogP contribution < -0.4 is 16.1 Å². The number of rotatable bonds is 12. The van der Waals surface area contributed by atoms with Crippen molar-refractivity contribution in [1.82, 2.24) is 16.1 Å². The van der Waals surface area contributed by atoms with Crippen LogP contribution in [0.2, 0.25) is 0 Å². The number of carbonyl (C=O) groups excluding carboxylic acids is 3. The van der Waals surface area contributed by atoms with Gasteiger partial charge < -0.3 is 20.8 Å². The number of unbranched alkanes of at least 4 members (excludes halogenated alkanes) is 1. The quantitative estimate of drug-likeness (QED) is 0.156. The number of hydroxylamine groups is 1. The van der Waals surface area contributed by atoms with E-state index in [0.29, 0.717) is 19.4 Å². The van der Waals surface area contributed by atoms with Crippen LogP contribution in [0, 0.1) is 23.7 Å². The maximum atomic E-state index is 11.5. The molecule has 0 saturated carbocycles. The highest BCUT2D eigenvalue weighted by Crippen LogP contribution is 2.01. The molecule has 28 heavy (non-hydrogen) atoms. The summed E-state index contributed by atoms with van der Waals surface area (Å²) in [6.07, 6.45) is 1.62. The Morgan fingerprint density at radius 3 is 2.43 bits per heavy atom. The van der Waals surface area contributed by atoms with Crippen molar-refractivity contribution >= 4 is 23.7 Å².